The molecule has 0 saturated heterocycles. The number of rotatable bonds is 10. The Morgan fingerprint density at radius 2 is 2.16 bits per heavy atom. The van der Waals surface area contributed by atoms with Crippen LogP contribution >= 0.6 is 11.3 Å². The van der Waals surface area contributed by atoms with Gasteiger partial charge in [0.15, 0.2) is 0 Å². The minimum absolute atomic E-state index is 0.352. The summed E-state index contributed by atoms with van der Waals surface area (Å²) in [6.07, 6.45) is 1.80. The van der Waals surface area contributed by atoms with Crippen LogP contribution in [0.25, 0.3) is 0 Å². The van der Waals surface area contributed by atoms with E-state index in [4.69, 9.17) is 4.74 Å². The van der Waals surface area contributed by atoms with Gasteiger partial charge in [-0.1, -0.05) is 33.3 Å². The molecule has 0 spiro atoms. The van der Waals surface area contributed by atoms with Crippen molar-refractivity contribution in [1.82, 2.24) is 5.32 Å². The lowest BCUT2D eigenvalue weighted by Crippen LogP contribution is -2.33. The first kappa shape index (κ1) is 16.6. The predicted octanol–water partition coefficient (Wildman–Crippen LogP) is 3.21. The second-order valence-corrected chi connectivity index (χ2v) is 6.33. The normalized spacial score (nSPS) is 14.8. The Morgan fingerprint density at radius 3 is 2.74 bits per heavy atom. The van der Waals surface area contributed by atoms with Crippen molar-refractivity contribution in [3.63, 3.8) is 0 Å². The van der Waals surface area contributed by atoms with Crippen LogP contribution < -0.4 is 5.32 Å². The first-order valence-corrected chi connectivity index (χ1v) is 8.04. The molecule has 1 aromatic heterocycles. The fourth-order valence-corrected chi connectivity index (χ4v) is 2.74. The van der Waals surface area contributed by atoms with Crippen LogP contribution in [0.2, 0.25) is 0 Å². The monoisotopic (exact) mass is 285 g/mol. The maximum absolute atomic E-state index is 9.89. The number of hydrogen-bond donors (Lipinski definition) is 2. The third kappa shape index (κ3) is 7.06. The zero-order chi connectivity index (χ0) is 14.1. The molecular weight excluding hydrogens is 258 g/mol. The largest absolute Gasteiger partial charge is 0.389 e. The summed E-state index contributed by atoms with van der Waals surface area (Å²) < 4.78 is 5.45. The Hall–Kier alpha value is -0.420. The highest BCUT2D eigenvalue weighted by atomic mass is 32.1. The second kappa shape index (κ2) is 9.48. The minimum Gasteiger partial charge on any atom is -0.389 e. The number of aliphatic hydroxyl groups is 1. The summed E-state index contributed by atoms with van der Waals surface area (Å²) in [6, 6.07) is 4.58. The lowest BCUT2D eigenvalue weighted by Gasteiger charge is -2.19. The van der Waals surface area contributed by atoms with Crippen LogP contribution in [0.1, 0.15) is 44.5 Å². The van der Waals surface area contributed by atoms with Crippen LogP contribution in [0.3, 0.4) is 0 Å². The highest BCUT2D eigenvalue weighted by Crippen LogP contribution is 2.22. The van der Waals surface area contributed by atoms with Gasteiger partial charge in [-0.05, 0) is 23.8 Å². The molecule has 0 aliphatic rings. The molecule has 2 N–H and O–H groups in total. The van der Waals surface area contributed by atoms with Gasteiger partial charge in [-0.15, -0.1) is 11.3 Å². The van der Waals surface area contributed by atoms with Crippen molar-refractivity contribution < 1.29 is 9.84 Å². The third-order valence-electron chi connectivity index (χ3n) is 2.83. The van der Waals surface area contributed by atoms with E-state index in [0.29, 0.717) is 31.7 Å². The zero-order valence-corrected chi connectivity index (χ0v) is 13.1. The van der Waals surface area contributed by atoms with Crippen LogP contribution in [0.5, 0.6) is 0 Å². The van der Waals surface area contributed by atoms with Crippen LogP contribution in [-0.4, -0.2) is 31.0 Å². The van der Waals surface area contributed by atoms with Gasteiger partial charge in [0.2, 0.25) is 0 Å². The van der Waals surface area contributed by atoms with Gasteiger partial charge in [0, 0.05) is 24.1 Å². The summed E-state index contributed by atoms with van der Waals surface area (Å²) in [5, 5.41) is 15.4. The molecule has 0 fully saturated rings. The Labute approximate surface area is 121 Å². The van der Waals surface area contributed by atoms with E-state index in [1.165, 1.54) is 4.88 Å². The van der Waals surface area contributed by atoms with E-state index >= 15 is 0 Å². The lowest BCUT2D eigenvalue weighted by atomic mass is 10.1. The Morgan fingerprint density at radius 1 is 1.37 bits per heavy atom. The lowest BCUT2D eigenvalue weighted by molar-refractivity contribution is 0.0249. The second-order valence-electron chi connectivity index (χ2n) is 5.35. The highest BCUT2D eigenvalue weighted by Gasteiger charge is 2.13. The zero-order valence-electron chi connectivity index (χ0n) is 12.3. The summed E-state index contributed by atoms with van der Waals surface area (Å²) in [5.41, 5.74) is 0. The smallest absolute Gasteiger partial charge is 0.0897 e. The van der Waals surface area contributed by atoms with E-state index in [1.807, 2.05) is 0 Å². The van der Waals surface area contributed by atoms with Crippen molar-refractivity contribution in [3.05, 3.63) is 22.4 Å². The standard InChI is InChI=1S/C15H27NO2S/c1-4-6-14(15-7-5-8-19-15)16-9-13(17)11-18-10-12(2)3/h5,7-8,12-14,16-17H,4,6,9-11H2,1-3H3. The Balaban J connectivity index is 2.27. The molecule has 0 bridgehead atoms. The first-order chi connectivity index (χ1) is 9.13. The molecule has 19 heavy (non-hydrogen) atoms. The maximum atomic E-state index is 9.89. The summed E-state index contributed by atoms with van der Waals surface area (Å²) in [4.78, 5) is 1.34. The molecule has 2 unspecified atom stereocenters. The van der Waals surface area contributed by atoms with Gasteiger partial charge in [0.25, 0.3) is 0 Å². The third-order valence-corrected chi connectivity index (χ3v) is 3.81. The summed E-state index contributed by atoms with van der Waals surface area (Å²) in [7, 11) is 0. The van der Waals surface area contributed by atoms with Crippen molar-refractivity contribution in [1.29, 1.82) is 0 Å². The van der Waals surface area contributed by atoms with E-state index in [9.17, 15) is 5.11 Å². The molecule has 0 aromatic carbocycles. The molecular formula is C15H27NO2S. The van der Waals surface area contributed by atoms with Gasteiger partial charge in [-0.25, -0.2) is 0 Å². The molecule has 3 nitrogen and oxygen atoms in total. The summed E-state index contributed by atoms with van der Waals surface area (Å²) >= 11 is 1.77. The molecule has 2 atom stereocenters. The fraction of sp³-hybridized carbons (Fsp3) is 0.733. The van der Waals surface area contributed by atoms with Crippen LogP contribution in [0.4, 0.5) is 0 Å². The van der Waals surface area contributed by atoms with Gasteiger partial charge in [-0.2, -0.15) is 0 Å². The molecule has 0 aliphatic heterocycles. The highest BCUT2D eigenvalue weighted by molar-refractivity contribution is 7.10. The van der Waals surface area contributed by atoms with Crippen molar-refractivity contribution in [2.75, 3.05) is 19.8 Å². The Kier molecular flexibility index (Phi) is 8.30. The predicted molar refractivity (Wildman–Crippen MR) is 81.6 cm³/mol. The number of thiophene rings is 1. The van der Waals surface area contributed by atoms with Crippen molar-refractivity contribution in [2.24, 2.45) is 5.92 Å². The minimum atomic E-state index is -0.432. The van der Waals surface area contributed by atoms with E-state index in [-0.39, 0.29) is 0 Å². The van der Waals surface area contributed by atoms with E-state index < -0.39 is 6.10 Å². The molecule has 1 aromatic rings. The summed E-state index contributed by atoms with van der Waals surface area (Å²) in [5.74, 6) is 0.513. The molecule has 0 saturated carbocycles. The van der Waals surface area contributed by atoms with Gasteiger partial charge in [-0.3, -0.25) is 0 Å². The van der Waals surface area contributed by atoms with Crippen LogP contribution in [-0.2, 0) is 4.74 Å². The number of hydrogen-bond acceptors (Lipinski definition) is 4. The van der Waals surface area contributed by atoms with Crippen molar-refractivity contribution in [3.8, 4) is 0 Å². The summed E-state index contributed by atoms with van der Waals surface area (Å²) in [6.45, 7) is 8.11. The van der Waals surface area contributed by atoms with Crippen molar-refractivity contribution >= 4 is 11.3 Å². The van der Waals surface area contributed by atoms with Crippen LogP contribution in [0.15, 0.2) is 17.5 Å². The first-order valence-electron chi connectivity index (χ1n) is 7.16. The molecule has 110 valence electrons. The topological polar surface area (TPSA) is 41.5 Å². The fourth-order valence-electron chi connectivity index (χ4n) is 1.90. The molecule has 1 heterocycles. The van der Waals surface area contributed by atoms with Gasteiger partial charge >= 0.3 is 0 Å². The SMILES string of the molecule is CCCC(NCC(O)COCC(C)C)c1cccs1. The quantitative estimate of drug-likeness (QED) is 0.693. The van der Waals surface area contributed by atoms with E-state index in [2.05, 4.69) is 43.6 Å². The van der Waals surface area contributed by atoms with Gasteiger partial charge in [0.1, 0.15) is 0 Å². The van der Waals surface area contributed by atoms with Crippen molar-refractivity contribution in [2.45, 2.75) is 45.8 Å². The van der Waals surface area contributed by atoms with E-state index in [1.54, 1.807) is 11.3 Å². The molecule has 1 rings (SSSR count). The average Bonchev–Trinajstić information content (AvgIpc) is 2.87. The van der Waals surface area contributed by atoms with Gasteiger partial charge < -0.3 is 15.2 Å². The van der Waals surface area contributed by atoms with E-state index in [0.717, 1.165) is 12.8 Å². The molecule has 0 radical (unpaired) electrons. The average molecular weight is 285 g/mol. The molecule has 0 amide bonds. The number of aliphatic hydroxyl groups excluding tert-OH is 1. The Bertz CT molecular complexity index is 314. The molecule has 0 aliphatic carbocycles. The van der Waals surface area contributed by atoms with Gasteiger partial charge in [0.05, 0.1) is 12.7 Å². The number of ether oxygens (including phenoxy) is 1. The van der Waals surface area contributed by atoms with Crippen LogP contribution in [0, 0.1) is 5.92 Å². The number of nitrogens with one attached hydrogen (secondary N) is 1. The maximum Gasteiger partial charge on any atom is 0.0897 e. The molecule has 4 heteroatoms.